The Kier molecular flexibility index (Phi) is 2.88. The van der Waals surface area contributed by atoms with Gasteiger partial charge in [0.1, 0.15) is 5.82 Å². The molecule has 2 aromatic heterocycles. The number of hydrogen-bond donors (Lipinski definition) is 1. The van der Waals surface area contributed by atoms with Gasteiger partial charge in [0.05, 0.1) is 12.4 Å². The average molecular weight is 273 g/mol. The van der Waals surface area contributed by atoms with Crippen LogP contribution < -0.4 is 5.32 Å². The first kappa shape index (κ1) is 12.9. The molecule has 6 heteroatoms. The van der Waals surface area contributed by atoms with E-state index in [1.54, 1.807) is 0 Å². The van der Waals surface area contributed by atoms with Crippen molar-refractivity contribution < 1.29 is 4.79 Å². The lowest BCUT2D eigenvalue weighted by atomic mass is 9.88. The molecule has 0 bridgehead atoms. The molecule has 106 valence electrons. The number of anilines is 1. The van der Waals surface area contributed by atoms with Gasteiger partial charge >= 0.3 is 0 Å². The summed E-state index contributed by atoms with van der Waals surface area (Å²) in [6.45, 7) is 6.14. The second kappa shape index (κ2) is 4.47. The molecule has 0 saturated carbocycles. The quantitative estimate of drug-likeness (QED) is 0.910. The predicted octanol–water partition coefficient (Wildman–Crippen LogP) is 1.98. The number of aromatic nitrogens is 4. The van der Waals surface area contributed by atoms with Gasteiger partial charge in [0.15, 0.2) is 0 Å². The third-order valence-corrected chi connectivity index (χ3v) is 3.98. The largest absolute Gasteiger partial charge is 0.311 e. The highest BCUT2D eigenvalue weighted by atomic mass is 16.1. The van der Waals surface area contributed by atoms with E-state index in [0.29, 0.717) is 6.42 Å². The molecule has 0 aromatic carbocycles. The zero-order valence-electron chi connectivity index (χ0n) is 12.2. The molecule has 2 aromatic rings. The number of nitrogens with zero attached hydrogens (tertiary/aromatic N) is 4. The molecule has 0 fully saturated rings. The van der Waals surface area contributed by atoms with E-state index in [-0.39, 0.29) is 17.9 Å². The molecule has 1 N–H and O–H groups in total. The molecule has 1 amide bonds. The van der Waals surface area contributed by atoms with E-state index < -0.39 is 0 Å². The molecule has 6 nitrogen and oxygen atoms in total. The van der Waals surface area contributed by atoms with Gasteiger partial charge in [-0.05, 0) is 20.8 Å². The van der Waals surface area contributed by atoms with Crippen LogP contribution in [0.5, 0.6) is 0 Å². The molecule has 3 rings (SSSR count). The monoisotopic (exact) mass is 273 g/mol. The van der Waals surface area contributed by atoms with E-state index >= 15 is 0 Å². The second-order valence-electron chi connectivity index (χ2n) is 5.60. The Morgan fingerprint density at radius 1 is 1.30 bits per heavy atom. The number of hydrogen-bond acceptors (Lipinski definition) is 3. The summed E-state index contributed by atoms with van der Waals surface area (Å²) >= 11 is 0. The summed E-state index contributed by atoms with van der Waals surface area (Å²) in [6, 6.07) is 0.216. The van der Waals surface area contributed by atoms with E-state index in [4.69, 9.17) is 0 Å². The highest BCUT2D eigenvalue weighted by Crippen LogP contribution is 2.38. The highest BCUT2D eigenvalue weighted by Gasteiger charge is 2.32. The number of amides is 1. The van der Waals surface area contributed by atoms with Gasteiger partial charge in [-0.2, -0.15) is 10.2 Å². The van der Waals surface area contributed by atoms with Gasteiger partial charge < -0.3 is 5.32 Å². The first-order valence-corrected chi connectivity index (χ1v) is 6.84. The Morgan fingerprint density at radius 3 is 2.60 bits per heavy atom. The number of fused-ring (bicyclic) bond motifs is 1. The molecule has 1 aliphatic rings. The zero-order valence-corrected chi connectivity index (χ0v) is 12.2. The van der Waals surface area contributed by atoms with Crippen molar-refractivity contribution in [3.8, 4) is 0 Å². The number of nitrogens with one attached hydrogen (secondary N) is 1. The Balaban J connectivity index is 2.12. The van der Waals surface area contributed by atoms with Crippen LogP contribution in [-0.4, -0.2) is 25.5 Å². The van der Waals surface area contributed by atoms with Gasteiger partial charge in [0, 0.05) is 42.2 Å². The van der Waals surface area contributed by atoms with Crippen molar-refractivity contribution in [2.75, 3.05) is 5.32 Å². The van der Waals surface area contributed by atoms with Gasteiger partial charge in [0.25, 0.3) is 0 Å². The SMILES string of the molecule is Cc1c(C2CC(=O)Nc3c2cnn3C(C)C)cnn1C. The molecule has 1 aliphatic heterocycles. The van der Waals surface area contributed by atoms with Crippen LogP contribution in [0.1, 0.15) is 49.0 Å². The van der Waals surface area contributed by atoms with Crippen LogP contribution in [-0.2, 0) is 11.8 Å². The molecular formula is C14H19N5O. The molecule has 20 heavy (non-hydrogen) atoms. The Bertz CT molecular complexity index is 667. The van der Waals surface area contributed by atoms with Crippen molar-refractivity contribution in [2.45, 2.75) is 39.2 Å². The van der Waals surface area contributed by atoms with Crippen molar-refractivity contribution in [3.63, 3.8) is 0 Å². The molecule has 1 atom stereocenters. The minimum atomic E-state index is 0.0353. The Hall–Kier alpha value is -2.11. The predicted molar refractivity (Wildman–Crippen MR) is 75.6 cm³/mol. The summed E-state index contributed by atoms with van der Waals surface area (Å²) in [7, 11) is 1.92. The smallest absolute Gasteiger partial charge is 0.226 e. The number of carbonyl (C=O) groups is 1. The molecule has 0 aliphatic carbocycles. The van der Waals surface area contributed by atoms with Crippen molar-refractivity contribution >= 4 is 11.7 Å². The average Bonchev–Trinajstić information content (AvgIpc) is 2.94. The standard InChI is InChI=1S/C14H19N5O/c1-8(2)19-14-12(7-16-19)10(5-13(20)17-14)11-6-15-18(4)9(11)3/h6-8,10H,5H2,1-4H3,(H,17,20). The van der Waals surface area contributed by atoms with E-state index in [1.807, 2.05) is 35.7 Å². The summed E-state index contributed by atoms with van der Waals surface area (Å²) < 4.78 is 3.71. The fourth-order valence-electron chi connectivity index (χ4n) is 2.77. The number of rotatable bonds is 2. The minimum Gasteiger partial charge on any atom is -0.311 e. The lowest BCUT2D eigenvalue weighted by Crippen LogP contribution is -2.25. The van der Waals surface area contributed by atoms with Crippen LogP contribution in [0.25, 0.3) is 0 Å². The van der Waals surface area contributed by atoms with E-state index in [2.05, 4.69) is 29.4 Å². The van der Waals surface area contributed by atoms with E-state index in [1.165, 1.54) is 0 Å². The van der Waals surface area contributed by atoms with Gasteiger partial charge in [-0.1, -0.05) is 0 Å². The molecule has 0 saturated heterocycles. The molecule has 0 radical (unpaired) electrons. The Morgan fingerprint density at radius 2 is 2.00 bits per heavy atom. The van der Waals surface area contributed by atoms with E-state index in [0.717, 1.165) is 22.6 Å². The van der Waals surface area contributed by atoms with Gasteiger partial charge in [0.2, 0.25) is 5.91 Å². The lowest BCUT2D eigenvalue weighted by molar-refractivity contribution is -0.116. The third-order valence-electron chi connectivity index (χ3n) is 3.98. The fraction of sp³-hybridized carbons (Fsp3) is 0.500. The number of aryl methyl sites for hydroxylation is 1. The van der Waals surface area contributed by atoms with Crippen molar-refractivity contribution in [2.24, 2.45) is 7.05 Å². The van der Waals surface area contributed by atoms with Crippen molar-refractivity contribution in [1.82, 2.24) is 19.6 Å². The fourth-order valence-corrected chi connectivity index (χ4v) is 2.77. The summed E-state index contributed by atoms with van der Waals surface area (Å²) in [4.78, 5) is 12.0. The molecule has 3 heterocycles. The molecule has 0 spiro atoms. The normalized spacial score (nSPS) is 18.2. The van der Waals surface area contributed by atoms with Crippen LogP contribution in [0.2, 0.25) is 0 Å². The van der Waals surface area contributed by atoms with Crippen LogP contribution >= 0.6 is 0 Å². The molecular weight excluding hydrogens is 254 g/mol. The third kappa shape index (κ3) is 1.83. The summed E-state index contributed by atoms with van der Waals surface area (Å²) in [5, 5.41) is 11.7. The van der Waals surface area contributed by atoms with Crippen molar-refractivity contribution in [3.05, 3.63) is 29.2 Å². The summed E-state index contributed by atoms with van der Waals surface area (Å²) in [6.07, 6.45) is 4.17. The number of carbonyl (C=O) groups excluding carboxylic acids is 1. The maximum Gasteiger partial charge on any atom is 0.226 e. The second-order valence-corrected chi connectivity index (χ2v) is 5.60. The first-order chi connectivity index (χ1) is 9.49. The van der Waals surface area contributed by atoms with Crippen LogP contribution in [0.15, 0.2) is 12.4 Å². The topological polar surface area (TPSA) is 64.7 Å². The maximum atomic E-state index is 12.0. The lowest BCUT2D eigenvalue weighted by Gasteiger charge is -2.24. The first-order valence-electron chi connectivity index (χ1n) is 6.84. The van der Waals surface area contributed by atoms with Gasteiger partial charge in [-0.25, -0.2) is 4.68 Å². The van der Waals surface area contributed by atoms with Crippen LogP contribution in [0.3, 0.4) is 0 Å². The highest BCUT2D eigenvalue weighted by molar-refractivity contribution is 5.94. The Labute approximate surface area is 117 Å². The summed E-state index contributed by atoms with van der Waals surface area (Å²) in [5.74, 6) is 0.901. The maximum absolute atomic E-state index is 12.0. The van der Waals surface area contributed by atoms with Crippen molar-refractivity contribution in [1.29, 1.82) is 0 Å². The van der Waals surface area contributed by atoms with Gasteiger partial charge in [-0.15, -0.1) is 0 Å². The van der Waals surface area contributed by atoms with Crippen LogP contribution in [0.4, 0.5) is 5.82 Å². The molecule has 1 unspecified atom stereocenters. The zero-order chi connectivity index (χ0) is 14.4. The summed E-state index contributed by atoms with van der Waals surface area (Å²) in [5.41, 5.74) is 3.27. The van der Waals surface area contributed by atoms with Crippen LogP contribution in [0, 0.1) is 6.92 Å². The van der Waals surface area contributed by atoms with E-state index in [9.17, 15) is 4.79 Å². The minimum absolute atomic E-state index is 0.0353. The van der Waals surface area contributed by atoms with Gasteiger partial charge in [-0.3, -0.25) is 9.48 Å².